The Morgan fingerprint density at radius 3 is 1.19 bits per heavy atom. The molecule has 0 rings (SSSR count). The fraction of sp³-hybridized carbons (Fsp3) is 0.742. The van der Waals surface area contributed by atoms with Crippen molar-refractivity contribution in [2.75, 3.05) is 32.1 Å². The lowest BCUT2D eigenvalue weighted by molar-refractivity contribution is -0.143. The third-order valence-electron chi connectivity index (χ3n) is 15.2. The first-order chi connectivity index (χ1) is 46.1. The average Bonchev–Trinajstić information content (AvgIpc) is 0.868. The van der Waals surface area contributed by atoms with E-state index in [1.165, 1.54) is 0 Å². The summed E-state index contributed by atoms with van der Waals surface area (Å²) in [6.07, 6.45) is -1.30. The number of aliphatic hydroxyl groups excluding tert-OH is 2. The molecule has 0 aromatic rings. The number of amides is 14. The zero-order valence-corrected chi connectivity index (χ0v) is 59.8. The van der Waals surface area contributed by atoms with Gasteiger partial charge in [-0.25, -0.2) is 4.79 Å². The standard InChI is InChI=1S/C62H112N18O18S/c1-13-34(12)49(60(96)76-42(61(97)98)24-32(8)9)80-53(89)36(15-14-20-68-62(66)67)72-59(95)48(33(10)11)79-54(90)38(17-19-46(65)84)71-58(94)44(28-99)78-57(93)43(27-82)77-56(92)41(23-31(6)7)75-52(88)37(16-18-45(64)83)70-47(85)25-69-51(87)39(21-29(2)3)74-55(91)40(22-30(4)5)73-50(86)35(63)26-81/h29-44,48-49,81-82,99H,13-28,63H2,1-12H3,(H2,64,83)(H2,65,84)(H,69,87)(H,70,85)(H,71,94)(H,72,95)(H,73,86)(H,74,91)(H,75,88)(H,76,96)(H,77,92)(H,78,93)(H,79,90)(H,80,89)(H,97,98)(H4,66,67,68)/t34-,35-,36-,37-,38-,39-,40-,41-,42-,43-,44-,48-,49-/m0/s1. The maximum absolute atomic E-state index is 14.2. The first-order valence-electron chi connectivity index (χ1n) is 33.2. The van der Waals surface area contributed by atoms with Crippen LogP contribution in [0.1, 0.15) is 154 Å². The number of nitrogens with two attached hydrogens (primary N) is 5. The molecule has 13 atom stereocenters. The predicted octanol–water partition coefficient (Wildman–Crippen LogP) is -5.77. The van der Waals surface area contributed by atoms with Gasteiger partial charge < -0.3 is 108 Å². The van der Waals surface area contributed by atoms with Gasteiger partial charge in [-0.2, -0.15) is 12.6 Å². The summed E-state index contributed by atoms with van der Waals surface area (Å²) in [6.45, 7) is 17.9. The van der Waals surface area contributed by atoms with E-state index >= 15 is 0 Å². The topological polar surface area (TPSA) is 604 Å². The third kappa shape index (κ3) is 36.3. The molecule has 25 N–H and O–H groups in total. The largest absolute Gasteiger partial charge is 0.480 e. The van der Waals surface area contributed by atoms with Crippen LogP contribution in [0.2, 0.25) is 0 Å². The molecule has 0 saturated heterocycles. The molecule has 0 saturated carbocycles. The number of aliphatic imine (C=N–C) groups is 1. The summed E-state index contributed by atoms with van der Waals surface area (Å²) in [6, 6.07) is -17.3. The summed E-state index contributed by atoms with van der Waals surface area (Å²) < 4.78 is 0. The van der Waals surface area contributed by atoms with E-state index < -0.39 is 224 Å². The zero-order chi connectivity index (χ0) is 76.1. The minimum absolute atomic E-state index is 0.00434. The lowest BCUT2D eigenvalue weighted by atomic mass is 9.96. The Morgan fingerprint density at radius 1 is 0.414 bits per heavy atom. The van der Waals surface area contributed by atoms with Crippen molar-refractivity contribution in [1.29, 1.82) is 0 Å². The second-order valence-electron chi connectivity index (χ2n) is 26.4. The quantitative estimate of drug-likeness (QED) is 0.0117. The van der Waals surface area contributed by atoms with Gasteiger partial charge in [0.05, 0.1) is 19.8 Å². The SMILES string of the molecule is CC[C@H](C)[C@H](NC(=O)[C@H](CCCN=C(N)N)NC(=O)[C@@H](NC(=O)[C@H](CCC(N)=O)NC(=O)[C@H](CS)NC(=O)[C@H](CO)NC(=O)[C@H](CC(C)C)NC(=O)[C@H](CCC(N)=O)NC(=O)CNC(=O)[C@H](CC(C)C)NC(=O)[C@H](CC(C)C)NC(=O)[C@@H](N)CO)C(C)C)C(=O)N[C@@H](CC(C)C)C(=O)O. The minimum atomic E-state index is -1.84. The third-order valence-corrected chi connectivity index (χ3v) is 15.6. The van der Waals surface area contributed by atoms with Crippen LogP contribution in [-0.2, 0) is 71.9 Å². The summed E-state index contributed by atoms with van der Waals surface area (Å²) in [4.78, 5) is 205. The molecule has 0 aliphatic heterocycles. The number of rotatable bonds is 49. The van der Waals surface area contributed by atoms with E-state index in [4.69, 9.17) is 28.7 Å². The van der Waals surface area contributed by atoms with Crippen LogP contribution in [0.5, 0.6) is 0 Å². The van der Waals surface area contributed by atoms with Crippen LogP contribution in [0.3, 0.4) is 0 Å². The molecule has 0 unspecified atom stereocenters. The van der Waals surface area contributed by atoms with E-state index in [2.05, 4.69) is 81.4 Å². The maximum Gasteiger partial charge on any atom is 0.326 e. The number of aliphatic hydroxyl groups is 2. The molecule has 37 heteroatoms. The van der Waals surface area contributed by atoms with Crippen molar-refractivity contribution in [2.24, 2.45) is 69.2 Å². The average molecular weight is 1430 g/mol. The molecule has 564 valence electrons. The van der Waals surface area contributed by atoms with E-state index in [0.29, 0.717) is 6.42 Å². The van der Waals surface area contributed by atoms with E-state index in [0.717, 1.165) is 0 Å². The van der Waals surface area contributed by atoms with Crippen molar-refractivity contribution in [3.05, 3.63) is 0 Å². The number of nitrogens with one attached hydrogen (secondary N) is 12. The lowest BCUT2D eigenvalue weighted by Gasteiger charge is -2.30. The molecule has 0 fully saturated rings. The fourth-order valence-corrected chi connectivity index (χ4v) is 9.86. The van der Waals surface area contributed by atoms with E-state index in [-0.39, 0.29) is 74.7 Å². The molecule has 0 bridgehead atoms. The Bertz CT molecular complexity index is 2750. The number of primary amides is 2. The molecule has 36 nitrogen and oxygen atoms in total. The van der Waals surface area contributed by atoms with Gasteiger partial charge >= 0.3 is 5.97 Å². The van der Waals surface area contributed by atoms with Crippen LogP contribution in [0.4, 0.5) is 0 Å². The van der Waals surface area contributed by atoms with Gasteiger partial charge in [-0.1, -0.05) is 89.5 Å². The highest BCUT2D eigenvalue weighted by molar-refractivity contribution is 7.80. The van der Waals surface area contributed by atoms with Crippen LogP contribution >= 0.6 is 12.6 Å². The maximum atomic E-state index is 14.2. The van der Waals surface area contributed by atoms with Crippen LogP contribution in [0, 0.1) is 35.5 Å². The number of hydrogen-bond acceptors (Lipinski definition) is 20. The van der Waals surface area contributed by atoms with Crippen LogP contribution in [0.25, 0.3) is 0 Å². The lowest BCUT2D eigenvalue weighted by Crippen LogP contribution is -2.62. The van der Waals surface area contributed by atoms with Crippen LogP contribution in [0.15, 0.2) is 4.99 Å². The van der Waals surface area contributed by atoms with Gasteiger partial charge in [0.15, 0.2) is 5.96 Å². The highest BCUT2D eigenvalue weighted by atomic mass is 32.1. The molecule has 0 aromatic carbocycles. The molecular formula is C62H112N18O18S. The summed E-state index contributed by atoms with van der Waals surface area (Å²) in [5.74, 6) is -17.1. The van der Waals surface area contributed by atoms with Crippen molar-refractivity contribution < 1.29 is 87.2 Å². The normalized spacial score (nSPS) is 15.2. The molecule has 0 heterocycles. The van der Waals surface area contributed by atoms with Crippen molar-refractivity contribution >= 4 is 107 Å². The fourth-order valence-electron chi connectivity index (χ4n) is 9.60. The van der Waals surface area contributed by atoms with Gasteiger partial charge in [-0.05, 0) is 86.9 Å². The van der Waals surface area contributed by atoms with Gasteiger partial charge in [0.2, 0.25) is 82.7 Å². The van der Waals surface area contributed by atoms with E-state index in [1.54, 1.807) is 83.1 Å². The molecule has 0 aliphatic rings. The zero-order valence-electron chi connectivity index (χ0n) is 59.0. The molecule has 14 amide bonds. The Balaban J connectivity index is 6.68. The molecule has 99 heavy (non-hydrogen) atoms. The van der Waals surface area contributed by atoms with Gasteiger partial charge in [-0.3, -0.25) is 72.1 Å². The Kier molecular flexibility index (Phi) is 42.8. The first kappa shape index (κ1) is 90.5. The Labute approximate surface area is 583 Å². The van der Waals surface area contributed by atoms with Gasteiger partial charge in [0, 0.05) is 25.1 Å². The Hall–Kier alpha value is -8.45. The number of aliphatic carboxylic acids is 1. The van der Waals surface area contributed by atoms with Crippen molar-refractivity contribution in [3.8, 4) is 0 Å². The number of carbonyl (C=O) groups excluding carboxylic acids is 14. The van der Waals surface area contributed by atoms with Gasteiger partial charge in [0.1, 0.15) is 72.5 Å². The highest BCUT2D eigenvalue weighted by Gasteiger charge is 2.38. The number of thiol groups is 1. The molecular weight excluding hydrogens is 1320 g/mol. The molecule has 0 aromatic heterocycles. The molecule has 0 radical (unpaired) electrons. The van der Waals surface area contributed by atoms with Gasteiger partial charge in [-0.15, -0.1) is 0 Å². The first-order valence-corrected chi connectivity index (χ1v) is 33.8. The number of carbonyl (C=O) groups is 15. The van der Waals surface area contributed by atoms with Crippen LogP contribution < -0.4 is 92.5 Å². The number of nitrogens with zero attached hydrogens (tertiary/aromatic N) is 1. The van der Waals surface area contributed by atoms with E-state index in [9.17, 15) is 87.2 Å². The van der Waals surface area contributed by atoms with Crippen molar-refractivity contribution in [3.63, 3.8) is 0 Å². The predicted molar refractivity (Wildman–Crippen MR) is 367 cm³/mol. The summed E-state index contributed by atoms with van der Waals surface area (Å²) in [5.41, 5.74) is 27.4. The molecule has 0 aliphatic carbocycles. The number of hydrogen-bond donors (Lipinski definition) is 21. The summed E-state index contributed by atoms with van der Waals surface area (Å²) in [5, 5.41) is 59.3. The summed E-state index contributed by atoms with van der Waals surface area (Å²) >= 11 is 4.19. The minimum Gasteiger partial charge on any atom is -0.480 e. The van der Waals surface area contributed by atoms with Gasteiger partial charge in [0.25, 0.3) is 0 Å². The monoisotopic (exact) mass is 1430 g/mol. The van der Waals surface area contributed by atoms with Crippen LogP contribution in [-0.4, -0.2) is 215 Å². The van der Waals surface area contributed by atoms with Crippen molar-refractivity contribution in [2.45, 2.75) is 226 Å². The molecule has 0 spiro atoms. The number of carboxylic acids is 1. The van der Waals surface area contributed by atoms with E-state index in [1.807, 2.05) is 0 Å². The van der Waals surface area contributed by atoms with Crippen molar-refractivity contribution in [1.82, 2.24) is 63.8 Å². The Morgan fingerprint density at radius 2 is 0.768 bits per heavy atom. The smallest absolute Gasteiger partial charge is 0.326 e. The number of guanidine groups is 1. The highest BCUT2D eigenvalue weighted by Crippen LogP contribution is 2.15. The number of carboxylic acid groups (broad SMARTS) is 1. The second-order valence-corrected chi connectivity index (χ2v) is 26.8. The summed E-state index contributed by atoms with van der Waals surface area (Å²) in [7, 11) is 0. The second kappa shape index (κ2) is 46.8.